The number of aromatic nitrogens is 2. The Hall–Kier alpha value is -1.94. The fraction of sp³-hybridized carbons (Fsp3) is 0.333. The van der Waals surface area contributed by atoms with Crippen LogP contribution in [0.25, 0.3) is 0 Å². The molecule has 100 valence electrons. The normalized spacial score (nSPS) is 12.4. The Balaban J connectivity index is 2.24. The minimum absolute atomic E-state index is 0.252. The van der Waals surface area contributed by atoms with Crippen molar-refractivity contribution in [3.05, 3.63) is 53.0 Å². The summed E-state index contributed by atoms with van der Waals surface area (Å²) in [4.78, 5) is 8.44. The highest BCUT2D eigenvalue weighted by molar-refractivity contribution is 5.33. The second-order valence-corrected chi connectivity index (χ2v) is 4.82. The summed E-state index contributed by atoms with van der Waals surface area (Å²) in [5.74, 6) is 0.564. The Bertz CT molecular complexity index is 546. The number of pyridine rings is 2. The third-order valence-electron chi connectivity index (χ3n) is 3.14. The van der Waals surface area contributed by atoms with E-state index < -0.39 is 0 Å². The SMILES string of the molecule is CNC(Cc1ccnc(N)c1)c1cc(C)nc(C)c1. The van der Waals surface area contributed by atoms with E-state index in [2.05, 4.69) is 27.4 Å². The zero-order valence-electron chi connectivity index (χ0n) is 11.6. The quantitative estimate of drug-likeness (QED) is 0.880. The van der Waals surface area contributed by atoms with Gasteiger partial charge in [0.1, 0.15) is 5.82 Å². The molecule has 0 spiro atoms. The third-order valence-corrected chi connectivity index (χ3v) is 3.14. The first-order valence-corrected chi connectivity index (χ1v) is 6.41. The molecule has 4 heteroatoms. The molecular formula is C15H20N4. The van der Waals surface area contributed by atoms with Gasteiger partial charge >= 0.3 is 0 Å². The van der Waals surface area contributed by atoms with Crippen LogP contribution in [-0.2, 0) is 6.42 Å². The second kappa shape index (κ2) is 5.80. The summed E-state index contributed by atoms with van der Waals surface area (Å²) in [7, 11) is 1.97. The van der Waals surface area contributed by atoms with Gasteiger partial charge < -0.3 is 11.1 Å². The largest absolute Gasteiger partial charge is 0.384 e. The zero-order valence-corrected chi connectivity index (χ0v) is 11.6. The molecule has 2 aromatic rings. The van der Waals surface area contributed by atoms with Crippen molar-refractivity contribution in [2.75, 3.05) is 12.8 Å². The fourth-order valence-corrected chi connectivity index (χ4v) is 2.31. The maximum Gasteiger partial charge on any atom is 0.123 e. The molecule has 1 unspecified atom stereocenters. The predicted molar refractivity (Wildman–Crippen MR) is 77.9 cm³/mol. The van der Waals surface area contributed by atoms with E-state index in [1.807, 2.05) is 33.0 Å². The number of anilines is 1. The number of likely N-dealkylation sites (N-methyl/N-ethyl adjacent to an activating group) is 1. The molecule has 1 atom stereocenters. The number of nitrogens with one attached hydrogen (secondary N) is 1. The smallest absolute Gasteiger partial charge is 0.123 e. The monoisotopic (exact) mass is 256 g/mol. The Morgan fingerprint density at radius 3 is 2.47 bits per heavy atom. The van der Waals surface area contributed by atoms with Crippen molar-refractivity contribution in [3.8, 4) is 0 Å². The van der Waals surface area contributed by atoms with Gasteiger partial charge in [-0.15, -0.1) is 0 Å². The van der Waals surface area contributed by atoms with E-state index in [0.717, 1.165) is 17.8 Å². The van der Waals surface area contributed by atoms with Crippen LogP contribution in [0.3, 0.4) is 0 Å². The molecule has 0 aliphatic carbocycles. The Morgan fingerprint density at radius 2 is 1.89 bits per heavy atom. The lowest BCUT2D eigenvalue weighted by molar-refractivity contribution is 0.590. The number of nitrogen functional groups attached to an aromatic ring is 1. The van der Waals surface area contributed by atoms with Crippen LogP contribution < -0.4 is 11.1 Å². The van der Waals surface area contributed by atoms with E-state index in [-0.39, 0.29) is 6.04 Å². The highest BCUT2D eigenvalue weighted by Crippen LogP contribution is 2.20. The Labute approximate surface area is 114 Å². The van der Waals surface area contributed by atoms with Gasteiger partial charge in [-0.05, 0) is 62.7 Å². The van der Waals surface area contributed by atoms with Crippen molar-refractivity contribution in [1.29, 1.82) is 0 Å². The van der Waals surface area contributed by atoms with Crippen molar-refractivity contribution in [2.24, 2.45) is 0 Å². The average Bonchev–Trinajstić information content (AvgIpc) is 2.34. The van der Waals surface area contributed by atoms with E-state index in [4.69, 9.17) is 5.73 Å². The van der Waals surface area contributed by atoms with E-state index in [0.29, 0.717) is 5.82 Å². The first-order valence-electron chi connectivity index (χ1n) is 6.41. The summed E-state index contributed by atoms with van der Waals surface area (Å²) < 4.78 is 0. The van der Waals surface area contributed by atoms with Gasteiger partial charge in [0.15, 0.2) is 0 Å². The molecule has 0 aliphatic heterocycles. The highest BCUT2D eigenvalue weighted by atomic mass is 14.9. The van der Waals surface area contributed by atoms with Crippen LogP contribution in [0.4, 0.5) is 5.82 Å². The molecule has 0 saturated carbocycles. The van der Waals surface area contributed by atoms with Gasteiger partial charge in [-0.3, -0.25) is 4.98 Å². The number of hydrogen-bond acceptors (Lipinski definition) is 4. The molecule has 3 N–H and O–H groups in total. The van der Waals surface area contributed by atoms with Crippen LogP contribution >= 0.6 is 0 Å². The van der Waals surface area contributed by atoms with Gasteiger partial charge in [-0.1, -0.05) is 0 Å². The van der Waals surface area contributed by atoms with Crippen LogP contribution in [0.2, 0.25) is 0 Å². The van der Waals surface area contributed by atoms with E-state index >= 15 is 0 Å². The lowest BCUT2D eigenvalue weighted by Crippen LogP contribution is -2.19. The van der Waals surface area contributed by atoms with Crippen LogP contribution in [0.1, 0.15) is 28.6 Å². The highest BCUT2D eigenvalue weighted by Gasteiger charge is 2.11. The Kier molecular flexibility index (Phi) is 4.12. The van der Waals surface area contributed by atoms with Gasteiger partial charge in [-0.2, -0.15) is 0 Å². The van der Waals surface area contributed by atoms with Crippen LogP contribution in [0, 0.1) is 13.8 Å². The second-order valence-electron chi connectivity index (χ2n) is 4.82. The molecule has 2 rings (SSSR count). The maximum absolute atomic E-state index is 5.72. The van der Waals surface area contributed by atoms with Gasteiger partial charge in [0.05, 0.1) is 0 Å². The standard InChI is InChI=1S/C15H20N4/c1-10-6-13(7-11(2)19-10)14(17-3)8-12-4-5-18-15(16)9-12/h4-7,9,14,17H,8H2,1-3H3,(H2,16,18). The topological polar surface area (TPSA) is 63.8 Å². The number of nitrogens with two attached hydrogens (primary N) is 1. The predicted octanol–water partition coefficient (Wildman–Crippen LogP) is 2.18. The lowest BCUT2D eigenvalue weighted by atomic mass is 9.99. The minimum atomic E-state index is 0.252. The van der Waals surface area contributed by atoms with Crippen molar-refractivity contribution in [2.45, 2.75) is 26.3 Å². The summed E-state index contributed by atoms with van der Waals surface area (Å²) in [5, 5.41) is 3.35. The molecule has 19 heavy (non-hydrogen) atoms. The number of aryl methyl sites for hydroxylation is 2. The maximum atomic E-state index is 5.72. The minimum Gasteiger partial charge on any atom is -0.384 e. The summed E-state index contributed by atoms with van der Waals surface area (Å²) in [5.41, 5.74) is 10.2. The lowest BCUT2D eigenvalue weighted by Gasteiger charge is -2.18. The van der Waals surface area contributed by atoms with Gasteiger partial charge in [0.25, 0.3) is 0 Å². The van der Waals surface area contributed by atoms with Crippen LogP contribution in [0.15, 0.2) is 30.5 Å². The summed E-state index contributed by atoms with van der Waals surface area (Å²) in [6.07, 6.45) is 2.63. The molecule has 0 bridgehead atoms. The molecule has 2 aromatic heterocycles. The first-order chi connectivity index (χ1) is 9.08. The average molecular weight is 256 g/mol. The van der Waals surface area contributed by atoms with E-state index in [1.54, 1.807) is 6.20 Å². The third kappa shape index (κ3) is 3.51. The molecule has 4 nitrogen and oxygen atoms in total. The van der Waals surface area contributed by atoms with Gasteiger partial charge in [0.2, 0.25) is 0 Å². The molecule has 0 saturated heterocycles. The van der Waals surface area contributed by atoms with Crippen LogP contribution in [0.5, 0.6) is 0 Å². The van der Waals surface area contributed by atoms with Crippen molar-refractivity contribution >= 4 is 5.82 Å². The van der Waals surface area contributed by atoms with Gasteiger partial charge in [0, 0.05) is 23.6 Å². The summed E-state index contributed by atoms with van der Waals surface area (Å²) >= 11 is 0. The van der Waals surface area contributed by atoms with Crippen LogP contribution in [-0.4, -0.2) is 17.0 Å². The summed E-state index contributed by atoms with van der Waals surface area (Å²) in [6.45, 7) is 4.04. The van der Waals surface area contributed by atoms with Crippen molar-refractivity contribution in [1.82, 2.24) is 15.3 Å². The zero-order chi connectivity index (χ0) is 13.8. The molecule has 0 amide bonds. The molecule has 0 aliphatic rings. The van der Waals surface area contributed by atoms with E-state index in [9.17, 15) is 0 Å². The molecule has 0 radical (unpaired) electrons. The van der Waals surface area contributed by atoms with Crippen molar-refractivity contribution < 1.29 is 0 Å². The molecular weight excluding hydrogens is 236 g/mol. The number of hydrogen-bond donors (Lipinski definition) is 2. The fourth-order valence-electron chi connectivity index (χ4n) is 2.31. The number of nitrogens with zero attached hydrogens (tertiary/aromatic N) is 2. The molecule has 0 fully saturated rings. The first kappa shape index (κ1) is 13.5. The Morgan fingerprint density at radius 1 is 1.21 bits per heavy atom. The van der Waals surface area contributed by atoms with E-state index in [1.165, 1.54) is 11.1 Å². The molecule has 2 heterocycles. The molecule has 0 aromatic carbocycles. The van der Waals surface area contributed by atoms with Gasteiger partial charge in [-0.25, -0.2) is 4.98 Å². The van der Waals surface area contributed by atoms with Crippen molar-refractivity contribution in [3.63, 3.8) is 0 Å². The number of rotatable bonds is 4. The summed E-state index contributed by atoms with van der Waals surface area (Å²) in [6, 6.07) is 8.42.